The number of nitrogens with two attached hydrogens (primary N) is 1. The summed E-state index contributed by atoms with van der Waals surface area (Å²) in [6.07, 6.45) is 8.02. The first-order chi connectivity index (χ1) is 11.6. The van der Waals surface area contributed by atoms with Crippen LogP contribution in [0.15, 0.2) is 24.5 Å². The molecule has 3 heterocycles. The average Bonchev–Trinajstić information content (AvgIpc) is 2.62. The summed E-state index contributed by atoms with van der Waals surface area (Å²) in [4.78, 5) is 32.7. The lowest BCUT2D eigenvalue weighted by atomic mass is 9.92. The number of carbonyl (C=O) groups is 2. The minimum absolute atomic E-state index is 0.0232. The molecule has 3 rings (SSSR count). The standard InChI is InChI=1S/C18H26N4O2/c19-17(23)16-5-1-2-9-22(16)18(24)15-6-10-21(11-7-15)13-14-4-3-8-20-12-14/h3-4,8,12,15-16H,1-2,5-7,9-11,13H2,(H2,19,23). The molecule has 0 spiro atoms. The van der Waals surface area contributed by atoms with Crippen LogP contribution in [-0.4, -0.2) is 52.3 Å². The van der Waals surface area contributed by atoms with Crippen molar-refractivity contribution in [1.82, 2.24) is 14.8 Å². The summed E-state index contributed by atoms with van der Waals surface area (Å²) in [5.41, 5.74) is 6.69. The van der Waals surface area contributed by atoms with Crippen LogP contribution in [0.2, 0.25) is 0 Å². The number of primary amides is 1. The van der Waals surface area contributed by atoms with E-state index in [1.54, 1.807) is 11.1 Å². The fourth-order valence-electron chi connectivity index (χ4n) is 3.81. The van der Waals surface area contributed by atoms with E-state index >= 15 is 0 Å². The molecule has 24 heavy (non-hydrogen) atoms. The summed E-state index contributed by atoms with van der Waals surface area (Å²) in [5, 5.41) is 0. The highest BCUT2D eigenvalue weighted by Gasteiger charge is 2.35. The van der Waals surface area contributed by atoms with E-state index < -0.39 is 6.04 Å². The maximum atomic E-state index is 12.8. The molecule has 130 valence electrons. The van der Waals surface area contributed by atoms with Crippen LogP contribution >= 0.6 is 0 Å². The summed E-state index contributed by atoms with van der Waals surface area (Å²) in [5.74, 6) is -0.216. The van der Waals surface area contributed by atoms with E-state index in [0.29, 0.717) is 13.0 Å². The summed E-state index contributed by atoms with van der Waals surface area (Å²) in [6.45, 7) is 3.35. The van der Waals surface area contributed by atoms with Crippen molar-refractivity contribution in [3.05, 3.63) is 30.1 Å². The molecule has 2 saturated heterocycles. The molecule has 0 bridgehead atoms. The molecule has 1 atom stereocenters. The van der Waals surface area contributed by atoms with Crippen LogP contribution in [0.25, 0.3) is 0 Å². The minimum atomic E-state index is -0.403. The number of carbonyl (C=O) groups excluding carboxylic acids is 2. The van der Waals surface area contributed by atoms with Crippen LogP contribution in [0.5, 0.6) is 0 Å². The monoisotopic (exact) mass is 330 g/mol. The smallest absolute Gasteiger partial charge is 0.240 e. The van der Waals surface area contributed by atoms with Gasteiger partial charge in [0, 0.05) is 31.4 Å². The van der Waals surface area contributed by atoms with Crippen molar-refractivity contribution in [2.75, 3.05) is 19.6 Å². The van der Waals surface area contributed by atoms with Crippen LogP contribution in [0.3, 0.4) is 0 Å². The number of piperidine rings is 2. The van der Waals surface area contributed by atoms with Crippen LogP contribution < -0.4 is 5.73 Å². The molecule has 2 aliphatic heterocycles. The first kappa shape index (κ1) is 16.9. The Bertz CT molecular complexity index is 570. The molecule has 2 aliphatic rings. The van der Waals surface area contributed by atoms with Gasteiger partial charge in [0.25, 0.3) is 0 Å². The fourth-order valence-corrected chi connectivity index (χ4v) is 3.81. The molecule has 1 aromatic heterocycles. The molecule has 2 N–H and O–H groups in total. The Labute approximate surface area is 143 Å². The first-order valence-electron chi connectivity index (χ1n) is 8.86. The van der Waals surface area contributed by atoms with Gasteiger partial charge < -0.3 is 10.6 Å². The number of rotatable bonds is 4. The van der Waals surface area contributed by atoms with Crippen LogP contribution in [0.1, 0.15) is 37.7 Å². The molecule has 1 unspecified atom stereocenters. The van der Waals surface area contributed by atoms with E-state index in [1.165, 1.54) is 5.56 Å². The average molecular weight is 330 g/mol. The van der Waals surface area contributed by atoms with Crippen molar-refractivity contribution < 1.29 is 9.59 Å². The third-order valence-electron chi connectivity index (χ3n) is 5.18. The highest BCUT2D eigenvalue weighted by molar-refractivity contribution is 5.87. The number of amides is 2. The van der Waals surface area contributed by atoms with Gasteiger partial charge in [-0.25, -0.2) is 0 Å². The van der Waals surface area contributed by atoms with E-state index in [1.807, 2.05) is 12.3 Å². The van der Waals surface area contributed by atoms with Gasteiger partial charge in [-0.1, -0.05) is 6.07 Å². The van der Waals surface area contributed by atoms with Gasteiger partial charge in [-0.15, -0.1) is 0 Å². The minimum Gasteiger partial charge on any atom is -0.368 e. The summed E-state index contributed by atoms with van der Waals surface area (Å²) in [7, 11) is 0. The lowest BCUT2D eigenvalue weighted by Crippen LogP contribution is -2.53. The lowest BCUT2D eigenvalue weighted by Gasteiger charge is -2.38. The second-order valence-corrected chi connectivity index (χ2v) is 6.86. The zero-order valence-corrected chi connectivity index (χ0v) is 14.1. The first-order valence-corrected chi connectivity index (χ1v) is 8.86. The van der Waals surface area contributed by atoms with Crippen molar-refractivity contribution >= 4 is 11.8 Å². The fraction of sp³-hybridized carbons (Fsp3) is 0.611. The Morgan fingerprint density at radius 2 is 1.96 bits per heavy atom. The third-order valence-corrected chi connectivity index (χ3v) is 5.18. The molecule has 6 heteroatoms. The van der Waals surface area contributed by atoms with Gasteiger partial charge in [-0.2, -0.15) is 0 Å². The Morgan fingerprint density at radius 3 is 2.62 bits per heavy atom. The number of hydrogen-bond donors (Lipinski definition) is 1. The Balaban J connectivity index is 1.54. The van der Waals surface area contributed by atoms with Crippen LogP contribution in [-0.2, 0) is 16.1 Å². The molecule has 2 fully saturated rings. The van der Waals surface area contributed by atoms with E-state index in [4.69, 9.17) is 5.73 Å². The summed E-state index contributed by atoms with van der Waals surface area (Å²) < 4.78 is 0. The Morgan fingerprint density at radius 1 is 1.17 bits per heavy atom. The highest BCUT2D eigenvalue weighted by Crippen LogP contribution is 2.25. The largest absolute Gasteiger partial charge is 0.368 e. The van der Waals surface area contributed by atoms with E-state index in [2.05, 4.69) is 16.0 Å². The van der Waals surface area contributed by atoms with Crippen LogP contribution in [0, 0.1) is 5.92 Å². The van der Waals surface area contributed by atoms with Crippen molar-refractivity contribution in [1.29, 1.82) is 0 Å². The third kappa shape index (κ3) is 3.93. The van der Waals surface area contributed by atoms with Gasteiger partial charge >= 0.3 is 0 Å². The zero-order valence-electron chi connectivity index (χ0n) is 14.1. The van der Waals surface area contributed by atoms with Crippen molar-refractivity contribution in [3.63, 3.8) is 0 Å². The molecule has 2 amide bonds. The predicted molar refractivity (Wildman–Crippen MR) is 90.8 cm³/mol. The second-order valence-electron chi connectivity index (χ2n) is 6.86. The van der Waals surface area contributed by atoms with E-state index in [-0.39, 0.29) is 17.7 Å². The molecule has 0 aliphatic carbocycles. The molecule has 0 aromatic carbocycles. The molecular formula is C18H26N4O2. The number of likely N-dealkylation sites (tertiary alicyclic amines) is 2. The molecule has 0 saturated carbocycles. The molecule has 0 radical (unpaired) electrons. The molecular weight excluding hydrogens is 304 g/mol. The van der Waals surface area contributed by atoms with E-state index in [0.717, 1.165) is 45.3 Å². The SMILES string of the molecule is NC(=O)C1CCCCN1C(=O)C1CCN(Cc2cccnc2)CC1. The van der Waals surface area contributed by atoms with Crippen molar-refractivity contribution in [3.8, 4) is 0 Å². The second kappa shape index (κ2) is 7.75. The normalized spacial score (nSPS) is 23.2. The van der Waals surface area contributed by atoms with Crippen LogP contribution in [0.4, 0.5) is 0 Å². The number of pyridine rings is 1. The van der Waals surface area contributed by atoms with Gasteiger partial charge in [0.05, 0.1) is 0 Å². The highest BCUT2D eigenvalue weighted by atomic mass is 16.2. The van der Waals surface area contributed by atoms with E-state index in [9.17, 15) is 9.59 Å². The van der Waals surface area contributed by atoms with Gasteiger partial charge in [-0.05, 0) is 56.8 Å². The van der Waals surface area contributed by atoms with Gasteiger partial charge in [-0.3, -0.25) is 19.5 Å². The Kier molecular flexibility index (Phi) is 5.45. The number of hydrogen-bond acceptors (Lipinski definition) is 4. The molecule has 1 aromatic rings. The topological polar surface area (TPSA) is 79.5 Å². The predicted octanol–water partition coefficient (Wildman–Crippen LogP) is 1.16. The lowest BCUT2D eigenvalue weighted by molar-refractivity contribution is -0.145. The molecule has 6 nitrogen and oxygen atoms in total. The maximum Gasteiger partial charge on any atom is 0.240 e. The van der Waals surface area contributed by atoms with Gasteiger partial charge in [0.1, 0.15) is 6.04 Å². The quantitative estimate of drug-likeness (QED) is 0.898. The van der Waals surface area contributed by atoms with Crippen molar-refractivity contribution in [2.24, 2.45) is 11.7 Å². The maximum absolute atomic E-state index is 12.8. The van der Waals surface area contributed by atoms with Crippen molar-refractivity contribution in [2.45, 2.75) is 44.7 Å². The van der Waals surface area contributed by atoms with Gasteiger partial charge in [0.2, 0.25) is 11.8 Å². The summed E-state index contributed by atoms with van der Waals surface area (Å²) >= 11 is 0. The summed E-state index contributed by atoms with van der Waals surface area (Å²) in [6, 6.07) is 3.63. The Hall–Kier alpha value is -1.95. The zero-order chi connectivity index (χ0) is 16.9. The number of nitrogens with zero attached hydrogens (tertiary/aromatic N) is 3. The number of aromatic nitrogens is 1. The van der Waals surface area contributed by atoms with Gasteiger partial charge in [0.15, 0.2) is 0 Å².